The van der Waals surface area contributed by atoms with Gasteiger partial charge in [0.15, 0.2) is 5.13 Å². The molecular weight excluding hydrogens is 426 g/mol. The van der Waals surface area contributed by atoms with Gasteiger partial charge >= 0.3 is 0 Å². The van der Waals surface area contributed by atoms with Gasteiger partial charge < -0.3 is 9.64 Å². The predicted molar refractivity (Wildman–Crippen MR) is 124 cm³/mol. The summed E-state index contributed by atoms with van der Waals surface area (Å²) in [6, 6.07) is 13.4. The van der Waals surface area contributed by atoms with Crippen molar-refractivity contribution in [2.24, 2.45) is 0 Å². The molecule has 3 rings (SSSR count). The van der Waals surface area contributed by atoms with Crippen LogP contribution in [0, 0.1) is 0 Å². The largest absolute Gasteiger partial charge is 0.497 e. The molecule has 0 saturated heterocycles. The van der Waals surface area contributed by atoms with Gasteiger partial charge in [-0.1, -0.05) is 29.0 Å². The molecule has 0 saturated carbocycles. The molecule has 0 aliphatic carbocycles. The summed E-state index contributed by atoms with van der Waals surface area (Å²) in [5.74, 6) is 1.19. The smallest absolute Gasteiger partial charge is 0.239 e. The quantitative estimate of drug-likeness (QED) is 0.428. The van der Waals surface area contributed by atoms with Gasteiger partial charge in [0.05, 0.1) is 22.6 Å². The monoisotopic (exact) mass is 449 g/mol. The first-order valence-corrected chi connectivity index (χ1v) is 11.4. The highest BCUT2D eigenvalue weighted by atomic mass is 35.5. The van der Waals surface area contributed by atoms with Gasteiger partial charge in [0, 0.05) is 11.4 Å². The SMILES string of the molecule is COc1ccc(SCC(=O)N(CCCN(C)C)c2nc3c(Cl)cccc3s2)cc1. The van der Waals surface area contributed by atoms with Gasteiger partial charge in [0.25, 0.3) is 0 Å². The zero-order chi connectivity index (χ0) is 20.8. The topological polar surface area (TPSA) is 45.7 Å². The number of nitrogens with zero attached hydrogens (tertiary/aromatic N) is 3. The number of halogens is 1. The van der Waals surface area contributed by atoms with Crippen LogP contribution in [0.5, 0.6) is 5.75 Å². The summed E-state index contributed by atoms with van der Waals surface area (Å²) >= 11 is 9.30. The number of hydrogen-bond acceptors (Lipinski definition) is 6. The van der Waals surface area contributed by atoms with Crippen LogP contribution in [0.4, 0.5) is 5.13 Å². The number of fused-ring (bicyclic) bond motifs is 1. The number of methoxy groups -OCH3 is 1. The Balaban J connectivity index is 1.75. The highest BCUT2D eigenvalue weighted by molar-refractivity contribution is 8.00. The fourth-order valence-corrected chi connectivity index (χ4v) is 4.87. The molecule has 154 valence electrons. The van der Waals surface area contributed by atoms with Crippen molar-refractivity contribution in [3.63, 3.8) is 0 Å². The maximum atomic E-state index is 13.1. The van der Waals surface area contributed by atoms with E-state index in [1.165, 1.54) is 23.1 Å². The van der Waals surface area contributed by atoms with Crippen LogP contribution in [-0.2, 0) is 4.79 Å². The molecule has 0 spiro atoms. The van der Waals surface area contributed by atoms with E-state index in [9.17, 15) is 4.79 Å². The molecule has 0 bridgehead atoms. The zero-order valence-electron chi connectivity index (χ0n) is 16.7. The number of benzene rings is 2. The maximum Gasteiger partial charge on any atom is 0.239 e. The lowest BCUT2D eigenvalue weighted by Crippen LogP contribution is -2.34. The number of anilines is 1. The van der Waals surface area contributed by atoms with Gasteiger partial charge in [0.1, 0.15) is 11.3 Å². The van der Waals surface area contributed by atoms with Crippen LogP contribution in [0.1, 0.15) is 6.42 Å². The number of carbonyl (C=O) groups excluding carboxylic acids is 1. The average molecular weight is 450 g/mol. The summed E-state index contributed by atoms with van der Waals surface area (Å²) in [5, 5.41) is 1.31. The van der Waals surface area contributed by atoms with Gasteiger partial charge in [-0.25, -0.2) is 4.98 Å². The van der Waals surface area contributed by atoms with Gasteiger partial charge in [-0.3, -0.25) is 9.69 Å². The van der Waals surface area contributed by atoms with Crippen molar-refractivity contribution >= 4 is 56.0 Å². The molecule has 0 aliphatic rings. The van der Waals surface area contributed by atoms with Crippen molar-refractivity contribution in [2.75, 3.05) is 44.9 Å². The van der Waals surface area contributed by atoms with Crippen LogP contribution >= 0.6 is 34.7 Å². The zero-order valence-corrected chi connectivity index (χ0v) is 19.1. The lowest BCUT2D eigenvalue weighted by molar-refractivity contribution is -0.116. The van der Waals surface area contributed by atoms with E-state index < -0.39 is 0 Å². The summed E-state index contributed by atoms with van der Waals surface area (Å²) in [6.07, 6.45) is 0.871. The summed E-state index contributed by atoms with van der Waals surface area (Å²) in [6.45, 7) is 1.53. The molecule has 0 N–H and O–H groups in total. The molecule has 5 nitrogen and oxygen atoms in total. The highest BCUT2D eigenvalue weighted by Crippen LogP contribution is 2.33. The molecule has 8 heteroatoms. The third-order valence-electron chi connectivity index (χ3n) is 4.30. The van der Waals surface area contributed by atoms with Crippen molar-refractivity contribution < 1.29 is 9.53 Å². The molecule has 2 aromatic carbocycles. The van der Waals surface area contributed by atoms with E-state index in [4.69, 9.17) is 16.3 Å². The summed E-state index contributed by atoms with van der Waals surface area (Å²) < 4.78 is 6.17. The van der Waals surface area contributed by atoms with E-state index in [2.05, 4.69) is 9.88 Å². The van der Waals surface area contributed by atoms with Crippen LogP contribution in [0.15, 0.2) is 47.4 Å². The minimum absolute atomic E-state index is 0.0414. The third-order valence-corrected chi connectivity index (χ3v) is 6.64. The van der Waals surface area contributed by atoms with Crippen molar-refractivity contribution in [3.8, 4) is 5.75 Å². The number of hydrogen-bond donors (Lipinski definition) is 0. The second kappa shape index (κ2) is 10.3. The fraction of sp³-hybridized carbons (Fsp3) is 0.333. The number of para-hydroxylation sites is 1. The lowest BCUT2D eigenvalue weighted by atomic mass is 10.3. The lowest BCUT2D eigenvalue weighted by Gasteiger charge is -2.21. The molecular formula is C21H24ClN3O2S2. The highest BCUT2D eigenvalue weighted by Gasteiger charge is 2.20. The Bertz CT molecular complexity index is 960. The number of rotatable bonds is 9. The normalized spacial score (nSPS) is 11.2. The first-order valence-electron chi connectivity index (χ1n) is 9.25. The second-order valence-corrected chi connectivity index (χ2v) is 9.21. The van der Waals surface area contributed by atoms with Crippen LogP contribution in [0.3, 0.4) is 0 Å². The number of thiazole rings is 1. The first-order chi connectivity index (χ1) is 14.0. The van der Waals surface area contributed by atoms with E-state index in [0.717, 1.165) is 33.8 Å². The number of aromatic nitrogens is 1. The Morgan fingerprint density at radius 3 is 2.59 bits per heavy atom. The number of carbonyl (C=O) groups is 1. The molecule has 1 aromatic heterocycles. The summed E-state index contributed by atoms with van der Waals surface area (Å²) in [5.41, 5.74) is 0.752. The van der Waals surface area contributed by atoms with E-state index in [1.54, 1.807) is 12.0 Å². The van der Waals surface area contributed by atoms with E-state index in [-0.39, 0.29) is 5.91 Å². The summed E-state index contributed by atoms with van der Waals surface area (Å²) in [4.78, 5) is 22.7. The Morgan fingerprint density at radius 1 is 1.17 bits per heavy atom. The number of ether oxygens (including phenoxy) is 1. The fourth-order valence-electron chi connectivity index (χ4n) is 2.79. The van der Waals surface area contributed by atoms with E-state index in [1.807, 2.05) is 56.6 Å². The Labute approximate surface area is 184 Å². The van der Waals surface area contributed by atoms with E-state index >= 15 is 0 Å². The van der Waals surface area contributed by atoms with Gasteiger partial charge in [-0.2, -0.15) is 0 Å². The summed E-state index contributed by atoms with van der Waals surface area (Å²) in [7, 11) is 5.70. The molecule has 0 atom stereocenters. The van der Waals surface area contributed by atoms with Crippen LogP contribution in [0.2, 0.25) is 5.02 Å². The third kappa shape index (κ3) is 5.85. The van der Waals surface area contributed by atoms with Crippen molar-refractivity contribution in [2.45, 2.75) is 11.3 Å². The van der Waals surface area contributed by atoms with Crippen molar-refractivity contribution in [1.82, 2.24) is 9.88 Å². The molecule has 0 aliphatic heterocycles. The number of thioether (sulfide) groups is 1. The van der Waals surface area contributed by atoms with Crippen LogP contribution in [0.25, 0.3) is 10.2 Å². The minimum Gasteiger partial charge on any atom is -0.497 e. The van der Waals surface area contributed by atoms with Gasteiger partial charge in [-0.05, 0) is 63.5 Å². The Morgan fingerprint density at radius 2 is 1.93 bits per heavy atom. The van der Waals surface area contributed by atoms with E-state index in [0.29, 0.717) is 22.5 Å². The average Bonchev–Trinajstić information content (AvgIpc) is 3.15. The molecule has 0 unspecified atom stereocenters. The Hall–Kier alpha value is -1.80. The van der Waals surface area contributed by atoms with Crippen LogP contribution in [-0.4, -0.2) is 55.8 Å². The standard InChI is InChI=1S/C21H24ClN3O2S2/c1-24(2)12-5-13-25(21-23-20-17(22)6-4-7-18(20)29-21)19(26)14-28-16-10-8-15(27-3)9-11-16/h4,6-11H,5,12-14H2,1-3H3. The molecule has 3 aromatic rings. The first kappa shape index (κ1) is 21.9. The van der Waals surface area contributed by atoms with Gasteiger partial charge in [0.2, 0.25) is 5.91 Å². The molecule has 0 fully saturated rings. The molecule has 0 radical (unpaired) electrons. The molecule has 29 heavy (non-hydrogen) atoms. The minimum atomic E-state index is 0.0414. The Kier molecular flexibility index (Phi) is 7.77. The number of amides is 1. The van der Waals surface area contributed by atoms with Crippen molar-refractivity contribution in [1.29, 1.82) is 0 Å². The van der Waals surface area contributed by atoms with Gasteiger partial charge in [-0.15, -0.1) is 11.8 Å². The van der Waals surface area contributed by atoms with Crippen molar-refractivity contribution in [3.05, 3.63) is 47.5 Å². The second-order valence-electron chi connectivity index (χ2n) is 6.75. The maximum absolute atomic E-state index is 13.1. The molecule has 1 heterocycles. The van der Waals surface area contributed by atoms with Crippen LogP contribution < -0.4 is 9.64 Å². The molecule has 1 amide bonds. The predicted octanol–water partition coefficient (Wildman–Crippen LogP) is 5.04.